The van der Waals surface area contributed by atoms with Crippen molar-refractivity contribution in [1.82, 2.24) is 4.98 Å². The van der Waals surface area contributed by atoms with Crippen LogP contribution >= 0.6 is 11.6 Å². The topological polar surface area (TPSA) is 63.6 Å². The van der Waals surface area contributed by atoms with Crippen molar-refractivity contribution in [2.24, 2.45) is 0 Å². The first-order chi connectivity index (χ1) is 10.5. The first kappa shape index (κ1) is 16.3. The molecule has 2 aromatic rings. The number of aliphatic hydroxyl groups excluding tert-OH is 1. The van der Waals surface area contributed by atoms with Crippen molar-refractivity contribution in [3.05, 3.63) is 46.9 Å². The lowest BCUT2D eigenvalue weighted by Crippen LogP contribution is -2.14. The van der Waals surface area contributed by atoms with E-state index in [0.717, 1.165) is 6.07 Å². The van der Waals surface area contributed by atoms with Gasteiger partial charge in [0.05, 0.1) is 25.3 Å². The molecule has 0 fully saturated rings. The number of nitrogens with one attached hydrogen (secondary N) is 1. The monoisotopic (exact) mass is 326 g/mol. The smallest absolute Gasteiger partial charge is 0.166 e. The van der Waals surface area contributed by atoms with Gasteiger partial charge >= 0.3 is 0 Å². The van der Waals surface area contributed by atoms with E-state index in [1.165, 1.54) is 20.4 Å². The maximum atomic E-state index is 13.6. The van der Waals surface area contributed by atoms with Crippen LogP contribution in [0.15, 0.2) is 30.5 Å². The Morgan fingerprint density at radius 1 is 1.32 bits per heavy atom. The normalized spacial score (nSPS) is 11.9. The molecular weight excluding hydrogens is 311 g/mol. The number of aliphatic hydroxyl groups is 1. The van der Waals surface area contributed by atoms with Crippen LogP contribution in [-0.4, -0.2) is 30.9 Å². The number of methoxy groups -OCH3 is 2. The van der Waals surface area contributed by atoms with Gasteiger partial charge in [-0.1, -0.05) is 11.6 Å². The zero-order valence-corrected chi connectivity index (χ0v) is 12.9. The van der Waals surface area contributed by atoms with E-state index >= 15 is 0 Å². The molecule has 0 amide bonds. The molecule has 1 atom stereocenters. The summed E-state index contributed by atoms with van der Waals surface area (Å²) in [5, 5.41) is 13.2. The Morgan fingerprint density at radius 2 is 2.09 bits per heavy atom. The third kappa shape index (κ3) is 3.78. The zero-order valence-electron chi connectivity index (χ0n) is 12.1. The average molecular weight is 327 g/mol. The maximum Gasteiger partial charge on any atom is 0.166 e. The molecule has 5 nitrogen and oxygen atoms in total. The van der Waals surface area contributed by atoms with Gasteiger partial charge in [-0.25, -0.2) is 9.37 Å². The third-order valence-electron chi connectivity index (χ3n) is 3.07. The SMILES string of the molecule is COc1ccc(OC)c([C@@H](O)CNc2ncc(Cl)cc2F)c1. The Bertz CT molecular complexity index is 655. The van der Waals surface area contributed by atoms with Crippen LogP contribution < -0.4 is 14.8 Å². The zero-order chi connectivity index (χ0) is 16.1. The standard InChI is InChI=1S/C15H16ClFN2O3/c1-21-10-3-4-14(22-2)11(6-10)13(20)8-19-15-12(17)5-9(16)7-18-15/h3-7,13,20H,8H2,1-2H3,(H,18,19)/t13-/m0/s1. The van der Waals surface area contributed by atoms with Crippen LogP contribution in [0.3, 0.4) is 0 Å². The van der Waals surface area contributed by atoms with E-state index in [0.29, 0.717) is 17.1 Å². The predicted octanol–water partition coefficient (Wildman–Crippen LogP) is 3.04. The summed E-state index contributed by atoms with van der Waals surface area (Å²) >= 11 is 5.64. The van der Waals surface area contributed by atoms with E-state index in [4.69, 9.17) is 21.1 Å². The van der Waals surface area contributed by atoms with E-state index in [9.17, 15) is 9.50 Å². The van der Waals surface area contributed by atoms with E-state index in [1.54, 1.807) is 18.2 Å². The van der Waals surface area contributed by atoms with E-state index in [1.807, 2.05) is 0 Å². The molecule has 22 heavy (non-hydrogen) atoms. The summed E-state index contributed by atoms with van der Waals surface area (Å²) in [7, 11) is 3.04. The molecule has 1 aromatic heterocycles. The van der Waals surface area contributed by atoms with Gasteiger partial charge in [0.2, 0.25) is 0 Å². The van der Waals surface area contributed by atoms with Gasteiger partial charge in [-0.15, -0.1) is 0 Å². The molecule has 0 radical (unpaired) electrons. The minimum Gasteiger partial charge on any atom is -0.497 e. The summed E-state index contributed by atoms with van der Waals surface area (Å²) in [6, 6.07) is 6.23. The highest BCUT2D eigenvalue weighted by atomic mass is 35.5. The molecule has 0 aliphatic heterocycles. The first-order valence-electron chi connectivity index (χ1n) is 6.50. The van der Waals surface area contributed by atoms with Crippen LogP contribution in [0, 0.1) is 5.82 Å². The van der Waals surface area contributed by atoms with Gasteiger partial charge < -0.3 is 19.9 Å². The number of halogens is 2. The second-order valence-electron chi connectivity index (χ2n) is 4.49. The molecule has 1 heterocycles. The van der Waals surface area contributed by atoms with Crippen LogP contribution in [0.5, 0.6) is 11.5 Å². The van der Waals surface area contributed by atoms with Crippen LogP contribution in [0.4, 0.5) is 10.2 Å². The fourth-order valence-electron chi connectivity index (χ4n) is 1.95. The number of anilines is 1. The summed E-state index contributed by atoms with van der Waals surface area (Å²) in [5.41, 5.74) is 0.531. The fourth-order valence-corrected chi connectivity index (χ4v) is 2.09. The van der Waals surface area contributed by atoms with E-state index < -0.39 is 11.9 Å². The fraction of sp³-hybridized carbons (Fsp3) is 0.267. The molecule has 0 unspecified atom stereocenters. The van der Waals surface area contributed by atoms with Crippen molar-refractivity contribution in [3.8, 4) is 11.5 Å². The summed E-state index contributed by atoms with van der Waals surface area (Å²) in [5.74, 6) is 0.535. The van der Waals surface area contributed by atoms with Crippen LogP contribution in [-0.2, 0) is 0 Å². The van der Waals surface area contributed by atoms with Crippen molar-refractivity contribution >= 4 is 17.4 Å². The molecular formula is C15H16ClFN2O3. The van der Waals surface area contributed by atoms with Crippen LogP contribution in [0.2, 0.25) is 5.02 Å². The highest BCUT2D eigenvalue weighted by molar-refractivity contribution is 6.30. The number of hydrogen-bond donors (Lipinski definition) is 2. The summed E-state index contributed by atoms with van der Waals surface area (Å²) in [6.45, 7) is 0.0507. The largest absolute Gasteiger partial charge is 0.497 e. The maximum absolute atomic E-state index is 13.6. The van der Waals surface area contributed by atoms with Crippen molar-refractivity contribution < 1.29 is 19.0 Å². The second-order valence-corrected chi connectivity index (χ2v) is 4.92. The van der Waals surface area contributed by atoms with E-state index in [-0.39, 0.29) is 17.4 Å². The Kier molecular flexibility index (Phi) is 5.41. The summed E-state index contributed by atoms with van der Waals surface area (Å²) < 4.78 is 24.0. The second kappa shape index (κ2) is 7.29. The van der Waals surface area contributed by atoms with Gasteiger partial charge in [0.15, 0.2) is 11.6 Å². The molecule has 0 aliphatic carbocycles. The minimum atomic E-state index is -0.929. The van der Waals surface area contributed by atoms with Gasteiger partial charge in [-0.2, -0.15) is 0 Å². The number of ether oxygens (including phenoxy) is 2. The first-order valence-corrected chi connectivity index (χ1v) is 6.88. The Balaban J connectivity index is 2.13. The minimum absolute atomic E-state index is 0.0188. The predicted molar refractivity (Wildman–Crippen MR) is 82.2 cm³/mol. The number of rotatable bonds is 6. The molecule has 0 saturated carbocycles. The number of pyridine rings is 1. The number of nitrogens with zero attached hydrogens (tertiary/aromatic N) is 1. The van der Waals surface area contributed by atoms with Crippen LogP contribution in [0.1, 0.15) is 11.7 Å². The van der Waals surface area contributed by atoms with Crippen molar-refractivity contribution in [2.75, 3.05) is 26.1 Å². The van der Waals surface area contributed by atoms with Crippen molar-refractivity contribution in [2.45, 2.75) is 6.10 Å². The quantitative estimate of drug-likeness (QED) is 0.854. The third-order valence-corrected chi connectivity index (χ3v) is 3.27. The highest BCUT2D eigenvalue weighted by Gasteiger charge is 2.15. The summed E-state index contributed by atoms with van der Waals surface area (Å²) in [4.78, 5) is 3.83. The van der Waals surface area contributed by atoms with Gasteiger partial charge in [-0.3, -0.25) is 0 Å². The summed E-state index contributed by atoms with van der Waals surface area (Å²) in [6.07, 6.45) is 0.396. The van der Waals surface area contributed by atoms with Gasteiger partial charge in [0.1, 0.15) is 11.5 Å². The van der Waals surface area contributed by atoms with E-state index in [2.05, 4.69) is 10.3 Å². The molecule has 1 aromatic carbocycles. The average Bonchev–Trinajstić information content (AvgIpc) is 2.53. The molecule has 2 rings (SSSR count). The highest BCUT2D eigenvalue weighted by Crippen LogP contribution is 2.29. The lowest BCUT2D eigenvalue weighted by Gasteiger charge is -2.17. The number of benzene rings is 1. The Morgan fingerprint density at radius 3 is 2.73 bits per heavy atom. The van der Waals surface area contributed by atoms with Gasteiger partial charge in [0, 0.05) is 18.3 Å². The molecule has 0 spiro atoms. The van der Waals surface area contributed by atoms with Crippen LogP contribution in [0.25, 0.3) is 0 Å². The lowest BCUT2D eigenvalue weighted by molar-refractivity contribution is 0.186. The Labute approximate surface area is 132 Å². The molecule has 0 saturated heterocycles. The number of hydrogen-bond acceptors (Lipinski definition) is 5. The van der Waals surface area contributed by atoms with Gasteiger partial charge in [-0.05, 0) is 24.3 Å². The Hall–Kier alpha value is -2.05. The lowest BCUT2D eigenvalue weighted by atomic mass is 10.1. The number of aromatic nitrogens is 1. The van der Waals surface area contributed by atoms with Crippen molar-refractivity contribution in [1.29, 1.82) is 0 Å². The molecule has 7 heteroatoms. The molecule has 0 aliphatic rings. The van der Waals surface area contributed by atoms with Crippen molar-refractivity contribution in [3.63, 3.8) is 0 Å². The molecule has 0 bridgehead atoms. The molecule has 2 N–H and O–H groups in total. The molecule has 118 valence electrons. The van der Waals surface area contributed by atoms with Gasteiger partial charge in [0.25, 0.3) is 0 Å².